The lowest BCUT2D eigenvalue weighted by molar-refractivity contribution is -0.256. The molecule has 0 aliphatic heterocycles. The van der Waals surface area contributed by atoms with Crippen LogP contribution in [-0.4, -0.2) is 57.9 Å². The molecule has 29 heavy (non-hydrogen) atoms. The fourth-order valence-corrected chi connectivity index (χ4v) is 3.42. The molecule has 1 saturated carbocycles. The molecule has 0 unspecified atom stereocenters. The average Bonchev–Trinajstić information content (AvgIpc) is 2.73. The molecule has 3 rings (SSSR count). The topological polar surface area (TPSA) is 105 Å². The van der Waals surface area contributed by atoms with Gasteiger partial charge in [0.05, 0.1) is 13.2 Å². The van der Waals surface area contributed by atoms with E-state index in [1.54, 1.807) is 0 Å². The number of esters is 1. The maximum Gasteiger partial charge on any atom is 0.303 e. The van der Waals surface area contributed by atoms with Crippen molar-refractivity contribution < 1.29 is 34.3 Å². The average molecular weight is 402 g/mol. The Morgan fingerprint density at radius 1 is 0.724 bits per heavy atom. The van der Waals surface area contributed by atoms with E-state index in [0.29, 0.717) is 0 Å². The molecule has 1 fully saturated rings. The van der Waals surface area contributed by atoms with Crippen molar-refractivity contribution in [3.05, 3.63) is 71.8 Å². The third kappa shape index (κ3) is 5.41. The van der Waals surface area contributed by atoms with Gasteiger partial charge in [-0.2, -0.15) is 0 Å². The second-order valence-electron chi connectivity index (χ2n) is 7.07. The molecular weight excluding hydrogens is 376 g/mol. The lowest BCUT2D eigenvalue weighted by atomic mass is 9.84. The highest BCUT2D eigenvalue weighted by Crippen LogP contribution is 2.29. The monoisotopic (exact) mass is 402 g/mol. The maximum atomic E-state index is 11.5. The van der Waals surface area contributed by atoms with E-state index in [-0.39, 0.29) is 13.2 Å². The lowest BCUT2D eigenvalue weighted by Gasteiger charge is -2.44. The van der Waals surface area contributed by atoms with Crippen LogP contribution in [0.1, 0.15) is 18.1 Å². The zero-order chi connectivity index (χ0) is 20.8. The highest BCUT2D eigenvalue weighted by Gasteiger charge is 2.52. The van der Waals surface area contributed by atoms with Crippen molar-refractivity contribution in [3.63, 3.8) is 0 Å². The summed E-state index contributed by atoms with van der Waals surface area (Å²) in [6, 6.07) is 18.5. The van der Waals surface area contributed by atoms with Gasteiger partial charge < -0.3 is 29.5 Å². The third-order valence-electron chi connectivity index (χ3n) is 4.89. The second kappa shape index (κ2) is 9.96. The molecule has 0 radical (unpaired) electrons. The molecule has 1 aliphatic rings. The third-order valence-corrected chi connectivity index (χ3v) is 4.89. The molecule has 0 aromatic heterocycles. The van der Waals surface area contributed by atoms with Gasteiger partial charge in [0.25, 0.3) is 0 Å². The van der Waals surface area contributed by atoms with Crippen molar-refractivity contribution >= 4 is 5.97 Å². The predicted octanol–water partition coefficient (Wildman–Crippen LogP) is 1.19. The Bertz CT molecular complexity index is 767. The number of hydrogen-bond donors (Lipinski definition) is 3. The van der Waals surface area contributed by atoms with Crippen molar-refractivity contribution in [2.24, 2.45) is 0 Å². The Morgan fingerprint density at radius 2 is 1.17 bits per heavy atom. The zero-order valence-electron chi connectivity index (χ0n) is 16.1. The summed E-state index contributed by atoms with van der Waals surface area (Å²) in [5, 5.41) is 31.9. The van der Waals surface area contributed by atoms with Gasteiger partial charge in [-0.3, -0.25) is 4.79 Å². The summed E-state index contributed by atoms with van der Waals surface area (Å²) in [5.41, 5.74) is 1.70. The van der Waals surface area contributed by atoms with Crippen LogP contribution in [0, 0.1) is 0 Å². The smallest absolute Gasteiger partial charge is 0.303 e. The van der Waals surface area contributed by atoms with Crippen LogP contribution >= 0.6 is 0 Å². The number of hydrogen-bond acceptors (Lipinski definition) is 7. The summed E-state index contributed by atoms with van der Waals surface area (Å²) in [7, 11) is 0. The molecule has 7 heteroatoms. The molecule has 1 aliphatic carbocycles. The van der Waals surface area contributed by atoms with Crippen molar-refractivity contribution in [1.82, 2.24) is 0 Å². The minimum atomic E-state index is -1.47. The number of carbonyl (C=O) groups excluding carboxylic acids is 1. The maximum absolute atomic E-state index is 11.5. The quantitative estimate of drug-likeness (QED) is 0.598. The predicted molar refractivity (Wildman–Crippen MR) is 104 cm³/mol. The first-order valence-electron chi connectivity index (χ1n) is 9.50. The van der Waals surface area contributed by atoms with E-state index < -0.39 is 42.6 Å². The van der Waals surface area contributed by atoms with Gasteiger partial charge in [-0.05, 0) is 11.1 Å². The van der Waals surface area contributed by atoms with Crippen LogP contribution in [-0.2, 0) is 32.2 Å². The van der Waals surface area contributed by atoms with E-state index >= 15 is 0 Å². The minimum absolute atomic E-state index is 0.133. The molecule has 0 heterocycles. The van der Waals surface area contributed by atoms with Gasteiger partial charge in [-0.25, -0.2) is 0 Å². The van der Waals surface area contributed by atoms with E-state index in [9.17, 15) is 20.1 Å². The van der Waals surface area contributed by atoms with Crippen molar-refractivity contribution in [1.29, 1.82) is 0 Å². The number of carbonyl (C=O) groups is 1. The van der Waals surface area contributed by atoms with Crippen LogP contribution in [0.3, 0.4) is 0 Å². The van der Waals surface area contributed by atoms with Gasteiger partial charge in [0.2, 0.25) is 0 Å². The molecule has 156 valence electrons. The largest absolute Gasteiger partial charge is 0.457 e. The van der Waals surface area contributed by atoms with Crippen LogP contribution in [0.25, 0.3) is 0 Å². The molecular formula is C22H26O7. The Hall–Kier alpha value is -2.29. The Balaban J connectivity index is 1.75. The standard InChI is InChI=1S/C22H26O7/c1-14(23)29-22-18(25)17(24)20(27-12-15-8-4-2-5-9-15)19(26)21(22)28-13-16-10-6-3-7-11-16/h2-11,17-22,24-26H,12-13H2,1H3/t17-,18+,19-,20+,21+,22+/m1/s1. The molecule has 0 amide bonds. The van der Waals surface area contributed by atoms with Gasteiger partial charge in [0, 0.05) is 6.92 Å². The Labute approximate surface area is 169 Å². The summed E-state index contributed by atoms with van der Waals surface area (Å²) in [5.74, 6) is -0.648. The first-order chi connectivity index (χ1) is 14.0. The normalized spacial score (nSPS) is 29.4. The fraction of sp³-hybridized carbons (Fsp3) is 0.409. The van der Waals surface area contributed by atoms with E-state index in [2.05, 4.69) is 0 Å². The van der Waals surface area contributed by atoms with Crippen molar-refractivity contribution in [2.45, 2.75) is 56.8 Å². The first-order valence-corrected chi connectivity index (χ1v) is 9.50. The summed E-state index contributed by atoms with van der Waals surface area (Å²) in [6.45, 7) is 1.46. The number of aliphatic hydroxyl groups excluding tert-OH is 3. The van der Waals surface area contributed by atoms with E-state index in [0.717, 1.165) is 11.1 Å². The summed E-state index contributed by atoms with van der Waals surface area (Å²) < 4.78 is 16.7. The first kappa shape index (κ1) is 21.4. The number of benzene rings is 2. The summed E-state index contributed by atoms with van der Waals surface area (Å²) in [6.07, 6.45) is -7.64. The van der Waals surface area contributed by atoms with E-state index in [1.165, 1.54) is 6.92 Å². The van der Waals surface area contributed by atoms with Gasteiger partial charge in [0.15, 0.2) is 6.10 Å². The Morgan fingerprint density at radius 3 is 1.66 bits per heavy atom. The molecule has 6 atom stereocenters. The van der Waals surface area contributed by atoms with Crippen LogP contribution < -0.4 is 0 Å². The Kier molecular flexibility index (Phi) is 7.35. The SMILES string of the molecule is CC(=O)O[C@H]1[C@@H](O)[C@@H](O)[C@H](OCc2ccccc2)[C@@H](O)[C@@H]1OCc1ccccc1. The fourth-order valence-electron chi connectivity index (χ4n) is 3.42. The van der Waals surface area contributed by atoms with Crippen LogP contribution in [0.4, 0.5) is 0 Å². The van der Waals surface area contributed by atoms with Crippen LogP contribution in [0.2, 0.25) is 0 Å². The minimum Gasteiger partial charge on any atom is -0.457 e. The molecule has 7 nitrogen and oxygen atoms in total. The molecule has 3 N–H and O–H groups in total. The molecule has 2 aromatic rings. The van der Waals surface area contributed by atoms with Gasteiger partial charge in [-0.15, -0.1) is 0 Å². The summed E-state index contributed by atoms with van der Waals surface area (Å²) in [4.78, 5) is 11.5. The number of rotatable bonds is 7. The van der Waals surface area contributed by atoms with Gasteiger partial charge in [0.1, 0.15) is 30.5 Å². The van der Waals surface area contributed by atoms with E-state index in [1.807, 2.05) is 60.7 Å². The van der Waals surface area contributed by atoms with E-state index in [4.69, 9.17) is 14.2 Å². The van der Waals surface area contributed by atoms with Crippen LogP contribution in [0.15, 0.2) is 60.7 Å². The van der Waals surface area contributed by atoms with Crippen molar-refractivity contribution in [2.75, 3.05) is 0 Å². The molecule has 2 aromatic carbocycles. The lowest BCUT2D eigenvalue weighted by Crippen LogP contribution is -2.65. The molecule has 0 bridgehead atoms. The number of ether oxygens (including phenoxy) is 3. The van der Waals surface area contributed by atoms with Crippen molar-refractivity contribution in [3.8, 4) is 0 Å². The molecule has 0 saturated heterocycles. The number of aliphatic hydroxyl groups is 3. The molecule has 0 spiro atoms. The second-order valence-corrected chi connectivity index (χ2v) is 7.07. The highest BCUT2D eigenvalue weighted by molar-refractivity contribution is 5.66. The highest BCUT2D eigenvalue weighted by atomic mass is 16.6. The zero-order valence-corrected chi connectivity index (χ0v) is 16.1. The summed E-state index contributed by atoms with van der Waals surface area (Å²) >= 11 is 0. The van der Waals surface area contributed by atoms with Gasteiger partial charge >= 0.3 is 5.97 Å². The van der Waals surface area contributed by atoms with Gasteiger partial charge in [-0.1, -0.05) is 60.7 Å². The van der Waals surface area contributed by atoms with Crippen LogP contribution in [0.5, 0.6) is 0 Å².